The molecule has 0 spiro atoms. The van der Waals surface area contributed by atoms with E-state index in [2.05, 4.69) is 33.8 Å². The van der Waals surface area contributed by atoms with Gasteiger partial charge in [0.25, 0.3) is 0 Å². The molecule has 0 aromatic heterocycles. The van der Waals surface area contributed by atoms with Crippen molar-refractivity contribution in [3.05, 3.63) is 11.6 Å². The van der Waals surface area contributed by atoms with Crippen LogP contribution < -0.4 is 0 Å². The van der Waals surface area contributed by atoms with Crippen LogP contribution in [0, 0.1) is 5.92 Å². The van der Waals surface area contributed by atoms with E-state index in [4.69, 9.17) is 0 Å². The second kappa shape index (κ2) is 11.7. The van der Waals surface area contributed by atoms with E-state index in [9.17, 15) is 0 Å². The minimum Gasteiger partial charge on any atom is -0.0856 e. The van der Waals surface area contributed by atoms with Crippen LogP contribution in [0.1, 0.15) is 67.2 Å². The molecule has 0 saturated heterocycles. The molecule has 0 aromatic rings. The first-order valence-electron chi connectivity index (χ1n) is 5.92. The number of hydrogen-bond donors (Lipinski definition) is 0. The molecule has 0 bridgehead atoms. The van der Waals surface area contributed by atoms with Crippen LogP contribution in [-0.2, 0) is 0 Å². The molecule has 1 fully saturated rings. The summed E-state index contributed by atoms with van der Waals surface area (Å²) in [6.07, 6.45) is 7.70. The van der Waals surface area contributed by atoms with Gasteiger partial charge in [-0.3, -0.25) is 0 Å². The molecule has 0 aromatic carbocycles. The van der Waals surface area contributed by atoms with Crippen molar-refractivity contribution in [3.63, 3.8) is 0 Å². The van der Waals surface area contributed by atoms with E-state index in [0.717, 1.165) is 5.92 Å². The second-order valence-corrected chi connectivity index (χ2v) is 3.34. The fraction of sp³-hybridized carbons (Fsp3) is 0.846. The molecule has 0 N–H and O–H groups in total. The Balaban J connectivity index is 0. The third-order valence-electron chi connectivity index (χ3n) is 1.75. The fourth-order valence-electron chi connectivity index (χ4n) is 1.03. The first kappa shape index (κ1) is 15.2. The zero-order valence-corrected chi connectivity index (χ0v) is 10.5. The monoisotopic (exact) mass is 184 g/mol. The van der Waals surface area contributed by atoms with Gasteiger partial charge < -0.3 is 0 Å². The average molecular weight is 184 g/mol. The van der Waals surface area contributed by atoms with E-state index < -0.39 is 0 Å². The fourth-order valence-corrected chi connectivity index (χ4v) is 1.03. The highest BCUT2D eigenvalue weighted by Crippen LogP contribution is 2.35. The van der Waals surface area contributed by atoms with Crippen LogP contribution in [0.3, 0.4) is 0 Å². The van der Waals surface area contributed by atoms with E-state index in [1.54, 1.807) is 5.57 Å². The topological polar surface area (TPSA) is 0 Å². The maximum Gasteiger partial charge on any atom is -0.0206 e. The Labute approximate surface area is 85.4 Å². The number of hydrogen-bond acceptors (Lipinski definition) is 0. The first-order chi connectivity index (χ1) is 6.26. The second-order valence-electron chi connectivity index (χ2n) is 3.34. The standard InChI is InChI=1S/C8H14.C3H8.C2H6/c1-3-4-7(2)8-5-6-8;1-3-2;1-2/h4,8H,3,5-6H2,1-2H3;3H2,1-2H3;1-2H3/b7-4+;;. The van der Waals surface area contributed by atoms with Gasteiger partial charge in [0.05, 0.1) is 0 Å². The Morgan fingerprint density at radius 2 is 1.54 bits per heavy atom. The van der Waals surface area contributed by atoms with Gasteiger partial charge in [-0.2, -0.15) is 0 Å². The average Bonchev–Trinajstić information content (AvgIpc) is 2.92. The van der Waals surface area contributed by atoms with Crippen LogP contribution in [0.2, 0.25) is 0 Å². The summed E-state index contributed by atoms with van der Waals surface area (Å²) in [4.78, 5) is 0. The molecule has 0 amide bonds. The van der Waals surface area contributed by atoms with Crippen LogP contribution in [0.25, 0.3) is 0 Å². The summed E-state index contributed by atoms with van der Waals surface area (Å²) in [6, 6.07) is 0. The Morgan fingerprint density at radius 1 is 1.15 bits per heavy atom. The molecule has 13 heavy (non-hydrogen) atoms. The summed E-state index contributed by atoms with van der Waals surface area (Å²) in [5, 5.41) is 0. The highest BCUT2D eigenvalue weighted by atomic mass is 14.3. The van der Waals surface area contributed by atoms with Crippen molar-refractivity contribution in [2.75, 3.05) is 0 Å². The summed E-state index contributed by atoms with van der Waals surface area (Å²) in [7, 11) is 0. The van der Waals surface area contributed by atoms with Gasteiger partial charge in [0, 0.05) is 0 Å². The Bertz CT molecular complexity index is 107. The smallest absolute Gasteiger partial charge is 0.0206 e. The lowest BCUT2D eigenvalue weighted by Crippen LogP contribution is -1.75. The van der Waals surface area contributed by atoms with Crippen molar-refractivity contribution < 1.29 is 0 Å². The zero-order chi connectivity index (χ0) is 10.7. The molecular weight excluding hydrogens is 156 g/mol. The molecule has 0 atom stereocenters. The highest BCUT2D eigenvalue weighted by Gasteiger charge is 2.21. The molecule has 1 aliphatic carbocycles. The van der Waals surface area contributed by atoms with Crippen LogP contribution in [0.4, 0.5) is 0 Å². The minimum absolute atomic E-state index is 0.981. The number of rotatable bonds is 2. The Kier molecular flexibility index (Phi) is 13.7. The first-order valence-corrected chi connectivity index (χ1v) is 5.92. The summed E-state index contributed by atoms with van der Waals surface area (Å²) >= 11 is 0. The molecule has 80 valence electrons. The van der Waals surface area contributed by atoms with Crippen molar-refractivity contribution in [1.29, 1.82) is 0 Å². The molecule has 0 heteroatoms. The van der Waals surface area contributed by atoms with Gasteiger partial charge in [-0.1, -0.05) is 52.7 Å². The van der Waals surface area contributed by atoms with Gasteiger partial charge in [0.2, 0.25) is 0 Å². The molecule has 0 unspecified atom stereocenters. The number of allylic oxidation sites excluding steroid dienone is 2. The van der Waals surface area contributed by atoms with E-state index in [1.807, 2.05) is 13.8 Å². The molecule has 0 heterocycles. The van der Waals surface area contributed by atoms with Crippen molar-refractivity contribution in [2.45, 2.75) is 67.2 Å². The van der Waals surface area contributed by atoms with E-state index in [0.29, 0.717) is 0 Å². The summed E-state index contributed by atoms with van der Waals surface area (Å²) in [5.41, 5.74) is 1.62. The van der Waals surface area contributed by atoms with E-state index >= 15 is 0 Å². The van der Waals surface area contributed by atoms with Crippen LogP contribution in [0.5, 0.6) is 0 Å². The van der Waals surface area contributed by atoms with E-state index in [-0.39, 0.29) is 0 Å². The van der Waals surface area contributed by atoms with Gasteiger partial charge in [0.1, 0.15) is 0 Å². The summed E-state index contributed by atoms with van der Waals surface area (Å²) in [6.45, 7) is 12.7. The Hall–Kier alpha value is -0.260. The molecule has 1 aliphatic rings. The molecule has 0 aliphatic heterocycles. The summed E-state index contributed by atoms with van der Waals surface area (Å²) < 4.78 is 0. The maximum atomic E-state index is 2.34. The van der Waals surface area contributed by atoms with Crippen LogP contribution in [-0.4, -0.2) is 0 Å². The van der Waals surface area contributed by atoms with Gasteiger partial charge in [0.15, 0.2) is 0 Å². The molecule has 0 radical (unpaired) electrons. The highest BCUT2D eigenvalue weighted by molar-refractivity contribution is 5.08. The van der Waals surface area contributed by atoms with Crippen molar-refractivity contribution >= 4 is 0 Å². The lowest BCUT2D eigenvalue weighted by molar-refractivity contribution is 0.981. The third kappa shape index (κ3) is 11.7. The molecule has 1 saturated carbocycles. The minimum atomic E-state index is 0.981. The molecular formula is C13H28. The SMILES string of the molecule is CC.CC/C=C(\C)C1CC1.CCC. The van der Waals surface area contributed by atoms with Crippen molar-refractivity contribution in [2.24, 2.45) is 5.92 Å². The summed E-state index contributed by atoms with van der Waals surface area (Å²) in [5.74, 6) is 0.981. The van der Waals surface area contributed by atoms with Gasteiger partial charge in [-0.15, -0.1) is 0 Å². The van der Waals surface area contributed by atoms with Crippen molar-refractivity contribution in [1.82, 2.24) is 0 Å². The van der Waals surface area contributed by atoms with Gasteiger partial charge >= 0.3 is 0 Å². The van der Waals surface area contributed by atoms with Crippen LogP contribution >= 0.6 is 0 Å². The quantitative estimate of drug-likeness (QED) is 0.518. The largest absolute Gasteiger partial charge is 0.0856 e. The third-order valence-corrected chi connectivity index (χ3v) is 1.75. The zero-order valence-electron chi connectivity index (χ0n) is 10.5. The maximum absolute atomic E-state index is 2.34. The van der Waals surface area contributed by atoms with Crippen LogP contribution in [0.15, 0.2) is 11.6 Å². The predicted molar refractivity (Wildman–Crippen MR) is 64.1 cm³/mol. The normalized spacial score (nSPS) is 15.1. The Morgan fingerprint density at radius 3 is 1.77 bits per heavy atom. The molecule has 1 rings (SSSR count). The predicted octanol–water partition coefficient (Wildman–Crippen LogP) is 5.20. The lowest BCUT2D eigenvalue weighted by atomic mass is 10.2. The van der Waals surface area contributed by atoms with Gasteiger partial charge in [-0.25, -0.2) is 0 Å². The van der Waals surface area contributed by atoms with Gasteiger partial charge in [-0.05, 0) is 32.1 Å². The van der Waals surface area contributed by atoms with E-state index in [1.165, 1.54) is 25.7 Å². The molecule has 0 nitrogen and oxygen atoms in total. The van der Waals surface area contributed by atoms with Crippen molar-refractivity contribution in [3.8, 4) is 0 Å². The lowest BCUT2D eigenvalue weighted by Gasteiger charge is -1.91.